The van der Waals surface area contributed by atoms with Crippen LogP contribution >= 0.6 is 0 Å². The molecule has 1 aliphatic rings. The Labute approximate surface area is 179 Å². The third-order valence-corrected chi connectivity index (χ3v) is 7.22. The smallest absolute Gasteiger partial charge is 0.268 e. The minimum Gasteiger partial charge on any atom is -0.497 e. The molecule has 1 N–H and O–H groups in total. The predicted octanol–water partition coefficient (Wildman–Crippen LogP) is 2.98. The molecule has 5 rings (SSSR count). The first-order chi connectivity index (χ1) is 15.0. The van der Waals surface area contributed by atoms with Crippen LogP contribution in [0.1, 0.15) is 0 Å². The Morgan fingerprint density at radius 3 is 2.61 bits per heavy atom. The third-order valence-electron chi connectivity index (χ3n) is 5.55. The van der Waals surface area contributed by atoms with Gasteiger partial charge >= 0.3 is 0 Å². The molecule has 0 atom stereocenters. The Kier molecular flexibility index (Phi) is 4.79. The molecule has 0 saturated carbocycles. The van der Waals surface area contributed by atoms with Crippen molar-refractivity contribution >= 4 is 37.6 Å². The normalized spacial score (nSPS) is 15.0. The van der Waals surface area contributed by atoms with Crippen LogP contribution in [0, 0.1) is 5.82 Å². The van der Waals surface area contributed by atoms with Gasteiger partial charge in [0.05, 0.1) is 23.0 Å². The van der Waals surface area contributed by atoms with E-state index < -0.39 is 15.8 Å². The van der Waals surface area contributed by atoms with E-state index in [0.717, 1.165) is 43.4 Å². The minimum absolute atomic E-state index is 0.110. The summed E-state index contributed by atoms with van der Waals surface area (Å²) in [6, 6.07) is 12.2. The molecule has 0 bridgehead atoms. The molecule has 0 aliphatic carbocycles. The van der Waals surface area contributed by atoms with Gasteiger partial charge in [0.1, 0.15) is 17.4 Å². The van der Waals surface area contributed by atoms with Gasteiger partial charge in [-0.3, -0.25) is 0 Å². The number of piperazine rings is 1. The first-order valence-corrected chi connectivity index (χ1v) is 11.4. The second kappa shape index (κ2) is 7.51. The van der Waals surface area contributed by atoms with Gasteiger partial charge in [-0.15, -0.1) is 0 Å². The van der Waals surface area contributed by atoms with Crippen molar-refractivity contribution in [2.45, 2.75) is 4.90 Å². The fourth-order valence-corrected chi connectivity index (χ4v) is 5.42. The van der Waals surface area contributed by atoms with Gasteiger partial charge in [0.2, 0.25) is 0 Å². The summed E-state index contributed by atoms with van der Waals surface area (Å²) in [6.07, 6.45) is 1.51. The highest BCUT2D eigenvalue weighted by Crippen LogP contribution is 2.36. The van der Waals surface area contributed by atoms with E-state index in [1.807, 2.05) is 6.07 Å². The van der Waals surface area contributed by atoms with Crippen molar-refractivity contribution in [1.82, 2.24) is 14.3 Å². The highest BCUT2D eigenvalue weighted by atomic mass is 32.2. The minimum atomic E-state index is -4.03. The van der Waals surface area contributed by atoms with E-state index in [2.05, 4.69) is 10.2 Å². The lowest BCUT2D eigenvalue weighted by Gasteiger charge is -2.29. The van der Waals surface area contributed by atoms with Crippen LogP contribution in [0.2, 0.25) is 0 Å². The van der Waals surface area contributed by atoms with Crippen molar-refractivity contribution in [2.75, 3.05) is 38.2 Å². The Morgan fingerprint density at radius 1 is 1.06 bits per heavy atom. The van der Waals surface area contributed by atoms with Crippen LogP contribution in [0.25, 0.3) is 21.8 Å². The zero-order chi connectivity index (χ0) is 21.6. The lowest BCUT2D eigenvalue weighted by molar-refractivity contribution is 0.415. The molecule has 1 fully saturated rings. The first kappa shape index (κ1) is 19.8. The number of nitrogens with zero attached hydrogens (tertiary/aromatic N) is 3. The number of hydrogen-bond donors (Lipinski definition) is 1. The van der Waals surface area contributed by atoms with Gasteiger partial charge in [-0.2, -0.15) is 0 Å². The van der Waals surface area contributed by atoms with Gasteiger partial charge in [0.15, 0.2) is 0 Å². The second-order valence-corrected chi connectivity index (χ2v) is 9.21. The van der Waals surface area contributed by atoms with Crippen LogP contribution in [0.15, 0.2) is 59.6 Å². The van der Waals surface area contributed by atoms with Crippen LogP contribution < -0.4 is 15.0 Å². The Balaban J connectivity index is 1.83. The van der Waals surface area contributed by atoms with Crippen molar-refractivity contribution in [3.8, 4) is 5.75 Å². The average molecular weight is 441 g/mol. The summed E-state index contributed by atoms with van der Waals surface area (Å²) in [5, 5.41) is 4.69. The summed E-state index contributed by atoms with van der Waals surface area (Å²) >= 11 is 0. The van der Waals surface area contributed by atoms with Gasteiger partial charge in [-0.05, 0) is 42.5 Å². The summed E-state index contributed by atoms with van der Waals surface area (Å²) in [7, 11) is -2.47. The summed E-state index contributed by atoms with van der Waals surface area (Å²) in [5.74, 6) is 0.732. The number of methoxy groups -OCH3 is 1. The first-order valence-electron chi connectivity index (χ1n) is 9.94. The molecular formula is C22H21FN4O3S. The molecule has 4 aromatic rings. The van der Waals surface area contributed by atoms with Gasteiger partial charge < -0.3 is 15.0 Å². The van der Waals surface area contributed by atoms with Crippen molar-refractivity contribution in [3.05, 3.63) is 60.5 Å². The van der Waals surface area contributed by atoms with Crippen molar-refractivity contribution in [1.29, 1.82) is 0 Å². The molecule has 7 nitrogen and oxygen atoms in total. The number of pyridine rings is 1. The Morgan fingerprint density at radius 2 is 1.87 bits per heavy atom. The number of anilines is 1. The fourth-order valence-electron chi connectivity index (χ4n) is 4.02. The van der Waals surface area contributed by atoms with Crippen LogP contribution in [0.4, 0.5) is 10.2 Å². The van der Waals surface area contributed by atoms with E-state index in [0.29, 0.717) is 22.2 Å². The fraction of sp³-hybridized carbons (Fsp3) is 0.227. The number of ether oxygens (including phenoxy) is 1. The van der Waals surface area contributed by atoms with E-state index in [-0.39, 0.29) is 4.90 Å². The molecule has 0 amide bonds. The summed E-state index contributed by atoms with van der Waals surface area (Å²) in [4.78, 5) is 6.90. The number of fused-ring (bicyclic) bond motifs is 3. The number of benzene rings is 2. The van der Waals surface area contributed by atoms with E-state index in [1.165, 1.54) is 28.4 Å². The van der Waals surface area contributed by atoms with E-state index >= 15 is 0 Å². The maximum Gasteiger partial charge on any atom is 0.268 e. The molecule has 0 unspecified atom stereocenters. The van der Waals surface area contributed by atoms with E-state index in [9.17, 15) is 12.8 Å². The Bertz CT molecular complexity index is 1390. The topological polar surface area (TPSA) is 76.5 Å². The highest BCUT2D eigenvalue weighted by molar-refractivity contribution is 7.90. The van der Waals surface area contributed by atoms with Gasteiger partial charge in [0, 0.05) is 43.1 Å². The van der Waals surface area contributed by atoms with Gasteiger partial charge in [0.25, 0.3) is 10.0 Å². The second-order valence-electron chi connectivity index (χ2n) is 7.39. The zero-order valence-corrected chi connectivity index (χ0v) is 17.7. The molecule has 160 valence electrons. The quantitative estimate of drug-likeness (QED) is 0.526. The molecule has 2 aromatic heterocycles. The number of hydrogen-bond acceptors (Lipinski definition) is 6. The maximum absolute atomic E-state index is 13.8. The van der Waals surface area contributed by atoms with E-state index in [4.69, 9.17) is 9.72 Å². The SMILES string of the molecule is COc1ccc2nc(N3CCNCC3)c3ccn(S(=O)(=O)c4cccc(F)c4)c3c2c1. The third kappa shape index (κ3) is 3.30. The van der Waals surface area contributed by atoms with Crippen LogP contribution in [0.5, 0.6) is 5.75 Å². The molecule has 1 aliphatic heterocycles. The zero-order valence-electron chi connectivity index (χ0n) is 16.9. The van der Waals surface area contributed by atoms with Gasteiger partial charge in [-0.1, -0.05) is 6.07 Å². The Hall–Kier alpha value is -3.17. The van der Waals surface area contributed by atoms with Crippen molar-refractivity contribution < 1.29 is 17.5 Å². The number of nitrogens with one attached hydrogen (secondary N) is 1. The van der Waals surface area contributed by atoms with Crippen LogP contribution in [-0.4, -0.2) is 50.7 Å². The molecule has 9 heteroatoms. The lowest BCUT2D eigenvalue weighted by Crippen LogP contribution is -2.44. The number of aromatic nitrogens is 2. The molecular weight excluding hydrogens is 419 g/mol. The maximum atomic E-state index is 13.8. The average Bonchev–Trinajstić information content (AvgIpc) is 3.25. The highest BCUT2D eigenvalue weighted by Gasteiger charge is 2.25. The summed E-state index contributed by atoms with van der Waals surface area (Å²) in [5.41, 5.74) is 1.16. The standard InChI is InChI=1S/C22H21FN4O3S/c1-30-16-5-6-20-19(14-16)21-18(22(25-20)26-11-8-24-9-12-26)7-10-27(21)31(28,29)17-4-2-3-15(23)13-17/h2-7,10,13-14,24H,8-9,11-12H2,1H3. The van der Waals surface area contributed by atoms with Crippen LogP contribution in [0.3, 0.4) is 0 Å². The molecule has 0 radical (unpaired) electrons. The van der Waals surface area contributed by atoms with Crippen LogP contribution in [-0.2, 0) is 10.0 Å². The van der Waals surface area contributed by atoms with Gasteiger partial charge in [-0.25, -0.2) is 21.8 Å². The largest absolute Gasteiger partial charge is 0.497 e. The summed E-state index contributed by atoms with van der Waals surface area (Å²) < 4.78 is 47.3. The lowest BCUT2D eigenvalue weighted by atomic mass is 10.1. The number of rotatable bonds is 4. The molecule has 31 heavy (non-hydrogen) atoms. The molecule has 3 heterocycles. The molecule has 0 spiro atoms. The number of halogens is 1. The monoisotopic (exact) mass is 440 g/mol. The predicted molar refractivity (Wildman–Crippen MR) is 118 cm³/mol. The molecule has 2 aromatic carbocycles. The van der Waals surface area contributed by atoms with Crippen molar-refractivity contribution in [2.24, 2.45) is 0 Å². The van der Waals surface area contributed by atoms with E-state index in [1.54, 1.807) is 25.3 Å². The summed E-state index contributed by atoms with van der Waals surface area (Å²) in [6.45, 7) is 3.19. The molecule has 1 saturated heterocycles. The van der Waals surface area contributed by atoms with Crippen molar-refractivity contribution in [3.63, 3.8) is 0 Å².